The fourth-order valence-corrected chi connectivity index (χ4v) is 10.2. The van der Waals surface area contributed by atoms with Crippen molar-refractivity contribution in [3.05, 3.63) is 230 Å². The zero-order valence-corrected chi connectivity index (χ0v) is 34.8. The van der Waals surface area contributed by atoms with Crippen molar-refractivity contribution in [2.75, 3.05) is 0 Å². The van der Waals surface area contributed by atoms with E-state index >= 15 is 0 Å². The van der Waals surface area contributed by atoms with Gasteiger partial charge < -0.3 is 0 Å². The average molecular weight is 787 g/mol. The van der Waals surface area contributed by atoms with Crippen LogP contribution in [-0.4, -0.2) is 0 Å². The van der Waals surface area contributed by atoms with Crippen LogP contribution >= 0.6 is 0 Å². The highest BCUT2D eigenvalue weighted by molar-refractivity contribution is 6.27. The highest BCUT2D eigenvalue weighted by Gasteiger charge is 2.14. The summed E-state index contributed by atoms with van der Waals surface area (Å²) < 4.78 is 0. The molecule has 0 N–H and O–H groups in total. The minimum absolute atomic E-state index is 1.22. The third kappa shape index (κ3) is 6.07. The molecule has 0 heterocycles. The third-order valence-electron chi connectivity index (χ3n) is 13.0. The Hall–Kier alpha value is -7.80. The van der Waals surface area contributed by atoms with E-state index in [1.807, 2.05) is 0 Å². The molecule has 12 rings (SSSR count). The van der Waals surface area contributed by atoms with E-state index < -0.39 is 0 Å². The molecule has 0 radical (unpaired) electrons. The van der Waals surface area contributed by atoms with Gasteiger partial charge in [-0.1, -0.05) is 182 Å². The van der Waals surface area contributed by atoms with Gasteiger partial charge in [0.1, 0.15) is 0 Å². The van der Waals surface area contributed by atoms with Gasteiger partial charge in [0, 0.05) is 0 Å². The molecule has 0 aliphatic carbocycles. The van der Waals surface area contributed by atoms with Gasteiger partial charge in [0.15, 0.2) is 0 Å². The topological polar surface area (TPSA) is 0 Å². The number of fused-ring (bicyclic) bond motifs is 12. The highest BCUT2D eigenvalue weighted by Crippen LogP contribution is 2.40. The standard InChI is InChI=1S/C62H42/c1-39-29-47(43-15-11-13-41(33-43)45-25-27-59-55-21-5-3-17-51(55)53-19-7-9-23-57(53)61(59)37-45)35-49(31-39)50-32-40(2)30-48(36-50)44-16-12-14-42(34-44)46-26-28-60-56-22-6-4-18-52(56)54-20-8-10-24-58(54)62(60)38-46/h3-38H,1-2H3. The predicted octanol–water partition coefficient (Wildman–Crippen LogP) is 17.6. The van der Waals surface area contributed by atoms with Crippen molar-refractivity contribution in [3.8, 4) is 55.6 Å². The van der Waals surface area contributed by atoms with E-state index in [1.165, 1.54) is 131 Å². The molecular weight excluding hydrogens is 745 g/mol. The number of hydrogen-bond donors (Lipinski definition) is 0. The first-order chi connectivity index (χ1) is 30.5. The second-order valence-electron chi connectivity index (χ2n) is 17.0. The Morgan fingerprint density at radius 2 is 0.387 bits per heavy atom. The summed E-state index contributed by atoms with van der Waals surface area (Å²) in [7, 11) is 0. The van der Waals surface area contributed by atoms with Gasteiger partial charge in [-0.2, -0.15) is 0 Å². The van der Waals surface area contributed by atoms with Gasteiger partial charge in [-0.3, -0.25) is 0 Å². The van der Waals surface area contributed by atoms with Gasteiger partial charge in [-0.15, -0.1) is 0 Å². The first-order valence-electron chi connectivity index (χ1n) is 21.6. The van der Waals surface area contributed by atoms with Crippen LogP contribution in [0.2, 0.25) is 0 Å². The van der Waals surface area contributed by atoms with E-state index in [9.17, 15) is 0 Å². The van der Waals surface area contributed by atoms with Crippen LogP contribution in [0.25, 0.3) is 120 Å². The Bertz CT molecular complexity index is 3450. The lowest BCUT2D eigenvalue weighted by atomic mass is 9.90. The maximum absolute atomic E-state index is 2.39. The molecule has 0 aliphatic heterocycles. The van der Waals surface area contributed by atoms with E-state index in [0.717, 1.165) is 0 Å². The Morgan fingerprint density at radius 3 is 0.710 bits per heavy atom. The van der Waals surface area contributed by atoms with Gasteiger partial charge in [0.05, 0.1) is 0 Å². The molecule has 0 heteroatoms. The van der Waals surface area contributed by atoms with Crippen molar-refractivity contribution >= 4 is 64.6 Å². The molecule has 0 unspecified atom stereocenters. The molecule has 290 valence electrons. The summed E-state index contributed by atoms with van der Waals surface area (Å²) in [5.41, 5.74) is 14.7. The Balaban J connectivity index is 0.905. The zero-order chi connectivity index (χ0) is 41.3. The number of hydrogen-bond acceptors (Lipinski definition) is 0. The smallest absolute Gasteiger partial charge is 0.00928 e. The lowest BCUT2D eigenvalue weighted by Crippen LogP contribution is -1.89. The predicted molar refractivity (Wildman–Crippen MR) is 268 cm³/mol. The monoisotopic (exact) mass is 786 g/mol. The molecule has 0 saturated heterocycles. The molecule has 0 aromatic heterocycles. The first kappa shape index (κ1) is 36.1. The molecule has 62 heavy (non-hydrogen) atoms. The quantitative estimate of drug-likeness (QED) is 0.152. The molecule has 0 fully saturated rings. The van der Waals surface area contributed by atoms with Gasteiger partial charge in [-0.05, 0) is 182 Å². The Labute approximate surface area is 362 Å². The fourth-order valence-electron chi connectivity index (χ4n) is 10.2. The van der Waals surface area contributed by atoms with Crippen molar-refractivity contribution in [2.24, 2.45) is 0 Å². The first-order valence-corrected chi connectivity index (χ1v) is 21.6. The molecule has 0 amide bonds. The normalized spacial score (nSPS) is 11.7. The second-order valence-corrected chi connectivity index (χ2v) is 17.0. The summed E-state index contributed by atoms with van der Waals surface area (Å²) in [6.45, 7) is 4.43. The van der Waals surface area contributed by atoms with Gasteiger partial charge >= 0.3 is 0 Å². The van der Waals surface area contributed by atoms with Crippen LogP contribution in [0.1, 0.15) is 11.1 Å². The Morgan fingerprint density at radius 1 is 0.161 bits per heavy atom. The summed E-state index contributed by atoms with van der Waals surface area (Å²) in [5, 5.41) is 15.6. The van der Waals surface area contributed by atoms with Crippen molar-refractivity contribution in [1.82, 2.24) is 0 Å². The third-order valence-corrected chi connectivity index (χ3v) is 13.0. The van der Waals surface area contributed by atoms with Crippen molar-refractivity contribution in [3.63, 3.8) is 0 Å². The maximum atomic E-state index is 2.39. The van der Waals surface area contributed by atoms with Crippen LogP contribution < -0.4 is 0 Å². The van der Waals surface area contributed by atoms with Gasteiger partial charge in [-0.25, -0.2) is 0 Å². The molecule has 12 aromatic rings. The minimum atomic E-state index is 1.22. The van der Waals surface area contributed by atoms with Crippen LogP contribution in [0.3, 0.4) is 0 Å². The number of aryl methyl sites for hydroxylation is 2. The Kier molecular flexibility index (Phi) is 8.40. The molecule has 0 nitrogen and oxygen atoms in total. The summed E-state index contributed by atoms with van der Waals surface area (Å²) in [6, 6.07) is 81.3. The summed E-state index contributed by atoms with van der Waals surface area (Å²) in [6.07, 6.45) is 0. The second kappa shape index (κ2) is 14.4. The number of benzene rings is 12. The van der Waals surface area contributed by atoms with E-state index in [0.29, 0.717) is 0 Å². The van der Waals surface area contributed by atoms with Crippen LogP contribution in [0.5, 0.6) is 0 Å². The lowest BCUT2D eigenvalue weighted by molar-refractivity contribution is 1.43. The molecule has 0 bridgehead atoms. The van der Waals surface area contributed by atoms with E-state index in [4.69, 9.17) is 0 Å². The molecule has 0 atom stereocenters. The van der Waals surface area contributed by atoms with Crippen LogP contribution in [-0.2, 0) is 0 Å². The highest BCUT2D eigenvalue weighted by atomic mass is 14.2. The van der Waals surface area contributed by atoms with Gasteiger partial charge in [0.2, 0.25) is 0 Å². The molecule has 0 saturated carbocycles. The largest absolute Gasteiger partial charge is 0.0616 e. The lowest BCUT2D eigenvalue weighted by Gasteiger charge is -2.14. The van der Waals surface area contributed by atoms with Crippen molar-refractivity contribution in [1.29, 1.82) is 0 Å². The van der Waals surface area contributed by atoms with Crippen LogP contribution in [0.4, 0.5) is 0 Å². The zero-order valence-electron chi connectivity index (χ0n) is 34.8. The number of rotatable bonds is 5. The molecular formula is C62H42. The average Bonchev–Trinajstić information content (AvgIpc) is 3.33. The van der Waals surface area contributed by atoms with E-state index in [-0.39, 0.29) is 0 Å². The molecule has 0 spiro atoms. The SMILES string of the molecule is Cc1cc(-c2cccc(-c3ccc4c5ccccc5c5ccccc5c4c3)c2)cc(-c2cc(C)cc(-c3cccc(-c4ccc5c6ccccc6c6ccccc6c5c4)c3)c2)c1. The molecule has 0 aliphatic rings. The summed E-state index contributed by atoms with van der Waals surface area (Å²) in [5.74, 6) is 0. The summed E-state index contributed by atoms with van der Waals surface area (Å²) in [4.78, 5) is 0. The molecule has 12 aromatic carbocycles. The summed E-state index contributed by atoms with van der Waals surface area (Å²) >= 11 is 0. The fraction of sp³-hybridized carbons (Fsp3) is 0.0323. The minimum Gasteiger partial charge on any atom is -0.0616 e. The van der Waals surface area contributed by atoms with Crippen LogP contribution in [0.15, 0.2) is 218 Å². The van der Waals surface area contributed by atoms with E-state index in [2.05, 4.69) is 232 Å². The van der Waals surface area contributed by atoms with Crippen molar-refractivity contribution in [2.45, 2.75) is 13.8 Å². The maximum Gasteiger partial charge on any atom is -0.00928 e. The van der Waals surface area contributed by atoms with Crippen LogP contribution in [0, 0.1) is 13.8 Å². The van der Waals surface area contributed by atoms with Crippen molar-refractivity contribution < 1.29 is 0 Å². The van der Waals surface area contributed by atoms with Gasteiger partial charge in [0.25, 0.3) is 0 Å². The van der Waals surface area contributed by atoms with E-state index in [1.54, 1.807) is 0 Å².